The molecule has 0 saturated carbocycles. The molecule has 3 aromatic rings. The minimum Gasteiger partial charge on any atom is -0.349 e. The molecular weight excluding hydrogens is 326 g/mol. The number of amides is 1. The number of aromatic nitrogens is 2. The molecule has 1 unspecified atom stereocenters. The highest BCUT2D eigenvalue weighted by atomic mass is 16.2. The molecule has 0 fully saturated rings. The summed E-state index contributed by atoms with van der Waals surface area (Å²) >= 11 is 0. The first kappa shape index (κ1) is 17.9. The Balaban J connectivity index is 1.69. The van der Waals surface area contributed by atoms with Crippen molar-refractivity contribution in [2.45, 2.75) is 32.9 Å². The van der Waals surface area contributed by atoms with Gasteiger partial charge in [0.15, 0.2) is 0 Å². The summed E-state index contributed by atoms with van der Waals surface area (Å²) < 4.78 is 1.49. The highest BCUT2D eigenvalue weighted by Gasteiger charge is 2.18. The fourth-order valence-electron chi connectivity index (χ4n) is 3.03. The van der Waals surface area contributed by atoms with E-state index in [-0.39, 0.29) is 29.8 Å². The second-order valence-electron chi connectivity index (χ2n) is 6.71. The summed E-state index contributed by atoms with van der Waals surface area (Å²) in [5, 5.41) is 3.65. The Labute approximate surface area is 152 Å². The van der Waals surface area contributed by atoms with Gasteiger partial charge in [0.05, 0.1) is 23.3 Å². The standard InChI is InChI=1S/C21H23N3O2/c1-15(2)20(16-8-4-3-5-9-16)23-19(25)12-13-24-14-22-18-11-7-6-10-17(18)21(24)26/h3-11,14-15,20H,12-13H2,1-2H3,(H,23,25). The van der Waals surface area contributed by atoms with Gasteiger partial charge in [-0.05, 0) is 23.6 Å². The Bertz CT molecular complexity index is 948. The van der Waals surface area contributed by atoms with Crippen LogP contribution in [0.4, 0.5) is 0 Å². The van der Waals surface area contributed by atoms with Crippen molar-refractivity contribution in [1.82, 2.24) is 14.9 Å². The van der Waals surface area contributed by atoms with E-state index in [2.05, 4.69) is 24.1 Å². The predicted molar refractivity (Wildman–Crippen MR) is 103 cm³/mol. The SMILES string of the molecule is CC(C)C(NC(=O)CCn1cnc2ccccc2c1=O)c1ccccc1. The number of para-hydroxylation sites is 1. The Morgan fingerprint density at radius 2 is 1.77 bits per heavy atom. The van der Waals surface area contributed by atoms with E-state index in [1.54, 1.807) is 12.1 Å². The number of carbonyl (C=O) groups excluding carboxylic acids is 1. The van der Waals surface area contributed by atoms with Crippen LogP contribution in [0.15, 0.2) is 65.7 Å². The zero-order valence-electron chi connectivity index (χ0n) is 15.1. The number of nitrogens with zero attached hydrogens (tertiary/aromatic N) is 2. The molecular formula is C21H23N3O2. The Kier molecular flexibility index (Phi) is 5.46. The lowest BCUT2D eigenvalue weighted by atomic mass is 9.96. The van der Waals surface area contributed by atoms with Crippen LogP contribution in [0.5, 0.6) is 0 Å². The highest BCUT2D eigenvalue weighted by Crippen LogP contribution is 2.21. The van der Waals surface area contributed by atoms with E-state index in [1.807, 2.05) is 42.5 Å². The highest BCUT2D eigenvalue weighted by molar-refractivity contribution is 5.77. The van der Waals surface area contributed by atoms with Crippen molar-refractivity contribution >= 4 is 16.8 Å². The van der Waals surface area contributed by atoms with E-state index in [9.17, 15) is 9.59 Å². The van der Waals surface area contributed by atoms with Gasteiger partial charge in [-0.1, -0.05) is 56.3 Å². The summed E-state index contributed by atoms with van der Waals surface area (Å²) in [5.74, 6) is 0.194. The summed E-state index contributed by atoms with van der Waals surface area (Å²) in [6.07, 6.45) is 1.74. The lowest BCUT2D eigenvalue weighted by Crippen LogP contribution is -2.33. The van der Waals surface area contributed by atoms with E-state index in [4.69, 9.17) is 0 Å². The third kappa shape index (κ3) is 3.99. The smallest absolute Gasteiger partial charge is 0.261 e. The van der Waals surface area contributed by atoms with Crippen LogP contribution in [0.1, 0.15) is 31.9 Å². The number of fused-ring (bicyclic) bond motifs is 1. The van der Waals surface area contributed by atoms with Gasteiger partial charge in [0, 0.05) is 13.0 Å². The first-order valence-corrected chi connectivity index (χ1v) is 8.85. The fourth-order valence-corrected chi connectivity index (χ4v) is 3.03. The molecule has 3 rings (SSSR count). The molecule has 134 valence electrons. The van der Waals surface area contributed by atoms with Gasteiger partial charge in [0.1, 0.15) is 0 Å². The number of aryl methyl sites for hydroxylation is 1. The maximum atomic E-state index is 12.5. The molecule has 0 aliphatic carbocycles. The van der Waals surface area contributed by atoms with E-state index < -0.39 is 0 Å². The maximum absolute atomic E-state index is 12.5. The molecule has 1 amide bonds. The van der Waals surface area contributed by atoms with Gasteiger partial charge in [-0.15, -0.1) is 0 Å². The van der Waals surface area contributed by atoms with Crippen LogP contribution in [0, 0.1) is 5.92 Å². The van der Waals surface area contributed by atoms with Gasteiger partial charge in [-0.3, -0.25) is 14.2 Å². The molecule has 5 nitrogen and oxygen atoms in total. The van der Waals surface area contributed by atoms with Crippen molar-refractivity contribution in [3.63, 3.8) is 0 Å². The van der Waals surface area contributed by atoms with Crippen LogP contribution in [-0.4, -0.2) is 15.5 Å². The number of rotatable bonds is 6. The van der Waals surface area contributed by atoms with Gasteiger partial charge in [0.2, 0.25) is 5.91 Å². The number of hydrogen-bond donors (Lipinski definition) is 1. The van der Waals surface area contributed by atoms with Gasteiger partial charge >= 0.3 is 0 Å². The summed E-state index contributed by atoms with van der Waals surface area (Å²) in [6.45, 7) is 4.47. The second kappa shape index (κ2) is 7.95. The molecule has 0 saturated heterocycles. The van der Waals surface area contributed by atoms with Crippen LogP contribution in [-0.2, 0) is 11.3 Å². The number of hydrogen-bond acceptors (Lipinski definition) is 3. The van der Waals surface area contributed by atoms with E-state index in [0.717, 1.165) is 5.56 Å². The van der Waals surface area contributed by atoms with Gasteiger partial charge in [-0.25, -0.2) is 4.98 Å². The summed E-state index contributed by atoms with van der Waals surface area (Å²) in [6, 6.07) is 17.1. The van der Waals surface area contributed by atoms with Crippen molar-refractivity contribution in [3.8, 4) is 0 Å². The Morgan fingerprint density at radius 3 is 2.50 bits per heavy atom. The summed E-state index contributed by atoms with van der Waals surface area (Å²) in [7, 11) is 0. The molecule has 5 heteroatoms. The van der Waals surface area contributed by atoms with Crippen LogP contribution in [0.3, 0.4) is 0 Å². The average Bonchev–Trinajstić information content (AvgIpc) is 2.66. The molecule has 26 heavy (non-hydrogen) atoms. The molecule has 0 radical (unpaired) electrons. The quantitative estimate of drug-likeness (QED) is 0.743. The topological polar surface area (TPSA) is 64.0 Å². The second-order valence-corrected chi connectivity index (χ2v) is 6.71. The van der Waals surface area contributed by atoms with Crippen molar-refractivity contribution < 1.29 is 4.79 Å². The third-order valence-electron chi connectivity index (χ3n) is 4.45. The zero-order chi connectivity index (χ0) is 18.5. The lowest BCUT2D eigenvalue weighted by molar-refractivity contribution is -0.122. The van der Waals surface area contributed by atoms with Crippen LogP contribution < -0.4 is 10.9 Å². The molecule has 0 spiro atoms. The molecule has 1 N–H and O–H groups in total. The average molecular weight is 349 g/mol. The van der Waals surface area contributed by atoms with E-state index >= 15 is 0 Å². The minimum absolute atomic E-state index is 0.0462. The third-order valence-corrected chi connectivity index (χ3v) is 4.45. The number of benzene rings is 2. The van der Waals surface area contributed by atoms with Crippen molar-refractivity contribution in [1.29, 1.82) is 0 Å². The fraction of sp³-hybridized carbons (Fsp3) is 0.286. The van der Waals surface area contributed by atoms with Gasteiger partial charge in [0.25, 0.3) is 5.56 Å². The lowest BCUT2D eigenvalue weighted by Gasteiger charge is -2.23. The Morgan fingerprint density at radius 1 is 1.08 bits per heavy atom. The first-order valence-electron chi connectivity index (χ1n) is 8.85. The molecule has 0 aliphatic rings. The normalized spacial score (nSPS) is 12.3. The van der Waals surface area contributed by atoms with E-state index in [1.165, 1.54) is 10.9 Å². The van der Waals surface area contributed by atoms with Crippen LogP contribution in [0.2, 0.25) is 0 Å². The van der Waals surface area contributed by atoms with Crippen molar-refractivity contribution in [2.75, 3.05) is 0 Å². The Hall–Kier alpha value is -2.95. The summed E-state index contributed by atoms with van der Waals surface area (Å²) in [5.41, 5.74) is 1.63. The maximum Gasteiger partial charge on any atom is 0.261 e. The first-order chi connectivity index (χ1) is 12.6. The molecule has 0 aliphatic heterocycles. The number of carbonyl (C=O) groups is 1. The largest absolute Gasteiger partial charge is 0.349 e. The zero-order valence-corrected chi connectivity index (χ0v) is 15.1. The molecule has 1 atom stereocenters. The predicted octanol–water partition coefficient (Wildman–Crippen LogP) is 3.30. The summed E-state index contributed by atoms with van der Waals surface area (Å²) in [4.78, 5) is 29.2. The van der Waals surface area contributed by atoms with E-state index in [0.29, 0.717) is 17.4 Å². The van der Waals surface area contributed by atoms with Gasteiger partial charge in [-0.2, -0.15) is 0 Å². The molecule has 1 heterocycles. The van der Waals surface area contributed by atoms with Crippen molar-refractivity contribution in [2.24, 2.45) is 5.92 Å². The molecule has 0 bridgehead atoms. The monoisotopic (exact) mass is 349 g/mol. The van der Waals surface area contributed by atoms with Crippen molar-refractivity contribution in [3.05, 3.63) is 76.8 Å². The minimum atomic E-state index is -0.119. The number of nitrogens with one attached hydrogen (secondary N) is 1. The molecule has 2 aromatic carbocycles. The van der Waals surface area contributed by atoms with Crippen LogP contribution in [0.25, 0.3) is 10.9 Å². The van der Waals surface area contributed by atoms with Gasteiger partial charge < -0.3 is 5.32 Å². The molecule has 1 aromatic heterocycles. The van der Waals surface area contributed by atoms with Crippen LogP contribution >= 0.6 is 0 Å².